The Balaban J connectivity index is 2.11. The van der Waals surface area contributed by atoms with Crippen LogP contribution in [0.15, 0.2) is 42.7 Å². The van der Waals surface area contributed by atoms with Crippen molar-refractivity contribution in [3.63, 3.8) is 0 Å². The van der Waals surface area contributed by atoms with Crippen LogP contribution in [0.5, 0.6) is 0 Å². The standard InChI is InChI=1S/C20H17F2N3O5S/c1-2-7-31(29,30)25-15-4-3-14(21)17(18(15)22)19(28)13(9-16(26)27)12-8-11-5-6-23-20(11)24-10-12/h3-6,8-10,25H,2,7H2,1H3,(H,23,24)(H,26,27). The van der Waals surface area contributed by atoms with Gasteiger partial charge in [0.25, 0.3) is 0 Å². The van der Waals surface area contributed by atoms with E-state index < -0.39 is 50.2 Å². The lowest BCUT2D eigenvalue weighted by atomic mass is 9.96. The van der Waals surface area contributed by atoms with Gasteiger partial charge in [0.15, 0.2) is 11.6 Å². The fraction of sp³-hybridized carbons (Fsp3) is 0.150. The molecule has 0 amide bonds. The number of benzene rings is 1. The van der Waals surface area contributed by atoms with E-state index in [-0.39, 0.29) is 17.7 Å². The minimum absolute atomic E-state index is 0.0234. The molecule has 0 radical (unpaired) electrons. The lowest BCUT2D eigenvalue weighted by Gasteiger charge is -2.13. The fourth-order valence-corrected chi connectivity index (χ4v) is 4.08. The number of Topliss-reactive ketones (excluding diaryl/α,β-unsaturated/α-hetero) is 1. The first kappa shape index (κ1) is 22.1. The molecule has 0 spiro atoms. The Morgan fingerprint density at radius 3 is 2.68 bits per heavy atom. The van der Waals surface area contributed by atoms with Crippen molar-refractivity contribution in [1.82, 2.24) is 9.97 Å². The van der Waals surface area contributed by atoms with Crippen molar-refractivity contribution in [2.24, 2.45) is 0 Å². The number of ketones is 1. The summed E-state index contributed by atoms with van der Waals surface area (Å²) in [4.78, 5) is 31.2. The average Bonchev–Trinajstić information content (AvgIpc) is 3.16. The fourth-order valence-electron chi connectivity index (χ4n) is 2.95. The van der Waals surface area contributed by atoms with Crippen molar-refractivity contribution in [3.05, 3.63) is 65.5 Å². The third-order valence-corrected chi connectivity index (χ3v) is 5.76. The number of aliphatic carboxylic acids is 1. The number of allylic oxidation sites excluding steroid dienone is 1. The second-order valence-corrected chi connectivity index (χ2v) is 8.41. The van der Waals surface area contributed by atoms with E-state index in [0.29, 0.717) is 17.1 Å². The summed E-state index contributed by atoms with van der Waals surface area (Å²) in [5.74, 6) is -5.81. The number of carboxylic acid groups (broad SMARTS) is 1. The molecule has 3 aromatic rings. The molecule has 31 heavy (non-hydrogen) atoms. The third-order valence-electron chi connectivity index (χ3n) is 4.28. The van der Waals surface area contributed by atoms with Gasteiger partial charge in [-0.25, -0.2) is 27.0 Å². The van der Waals surface area contributed by atoms with Crippen LogP contribution in [0.1, 0.15) is 29.3 Å². The van der Waals surface area contributed by atoms with Crippen molar-refractivity contribution in [2.75, 3.05) is 10.5 Å². The molecule has 0 unspecified atom stereocenters. The second kappa shape index (κ2) is 8.64. The number of hydrogen-bond acceptors (Lipinski definition) is 5. The maximum Gasteiger partial charge on any atom is 0.329 e. The molecule has 2 heterocycles. The monoisotopic (exact) mass is 449 g/mol. The Hall–Kier alpha value is -3.60. The molecule has 0 aliphatic heterocycles. The molecule has 8 nitrogen and oxygen atoms in total. The van der Waals surface area contributed by atoms with Crippen molar-refractivity contribution in [2.45, 2.75) is 13.3 Å². The lowest BCUT2D eigenvalue weighted by molar-refractivity contribution is -0.131. The first-order chi connectivity index (χ1) is 14.6. The van der Waals surface area contributed by atoms with E-state index in [9.17, 15) is 31.9 Å². The van der Waals surface area contributed by atoms with Crippen LogP contribution in [-0.4, -0.2) is 41.0 Å². The van der Waals surface area contributed by atoms with Crippen molar-refractivity contribution >= 4 is 44.1 Å². The summed E-state index contributed by atoms with van der Waals surface area (Å²) < 4.78 is 55.3. The SMILES string of the molecule is CCCS(=O)(=O)Nc1ccc(F)c(C(=O)C(=CC(=O)O)c2cnc3[nH]ccc3c2)c1F. The summed E-state index contributed by atoms with van der Waals surface area (Å²) >= 11 is 0. The number of pyridine rings is 1. The Bertz CT molecular complexity index is 1320. The average molecular weight is 449 g/mol. The highest BCUT2D eigenvalue weighted by atomic mass is 32.2. The van der Waals surface area contributed by atoms with Gasteiger partial charge in [0.05, 0.1) is 17.0 Å². The van der Waals surface area contributed by atoms with Crippen molar-refractivity contribution < 1.29 is 31.9 Å². The zero-order chi connectivity index (χ0) is 22.8. The maximum atomic E-state index is 15.0. The second-order valence-electron chi connectivity index (χ2n) is 6.57. The van der Waals surface area contributed by atoms with Crippen LogP contribution in [-0.2, 0) is 14.8 Å². The van der Waals surface area contributed by atoms with E-state index >= 15 is 0 Å². The molecule has 162 valence electrons. The summed E-state index contributed by atoms with van der Waals surface area (Å²) in [5, 5.41) is 9.73. The number of anilines is 1. The van der Waals surface area contributed by atoms with Crippen LogP contribution >= 0.6 is 0 Å². The van der Waals surface area contributed by atoms with Gasteiger partial charge in [-0.1, -0.05) is 6.92 Å². The van der Waals surface area contributed by atoms with Gasteiger partial charge < -0.3 is 10.1 Å². The third kappa shape index (κ3) is 4.77. The Labute approximate surface area is 175 Å². The molecule has 0 aliphatic carbocycles. The smallest absolute Gasteiger partial charge is 0.329 e. The van der Waals surface area contributed by atoms with Gasteiger partial charge in [-0.3, -0.25) is 9.52 Å². The van der Waals surface area contributed by atoms with Crippen LogP contribution in [0.4, 0.5) is 14.5 Å². The highest BCUT2D eigenvalue weighted by Gasteiger charge is 2.26. The predicted octanol–water partition coefficient (Wildman–Crippen LogP) is 3.34. The van der Waals surface area contributed by atoms with Gasteiger partial charge in [0.1, 0.15) is 11.5 Å². The molecule has 0 aliphatic rings. The van der Waals surface area contributed by atoms with Crippen LogP contribution in [0.2, 0.25) is 0 Å². The number of nitrogens with zero attached hydrogens (tertiary/aromatic N) is 1. The van der Waals surface area contributed by atoms with Gasteiger partial charge >= 0.3 is 5.97 Å². The molecule has 0 bridgehead atoms. The summed E-state index contributed by atoms with van der Waals surface area (Å²) in [7, 11) is -3.92. The largest absolute Gasteiger partial charge is 0.478 e. The van der Waals surface area contributed by atoms with Crippen LogP contribution < -0.4 is 4.72 Å². The van der Waals surface area contributed by atoms with Crippen LogP contribution in [0.25, 0.3) is 16.6 Å². The van der Waals surface area contributed by atoms with Gasteiger partial charge in [0.2, 0.25) is 10.0 Å². The number of fused-ring (bicyclic) bond motifs is 1. The van der Waals surface area contributed by atoms with E-state index in [1.807, 2.05) is 4.72 Å². The molecule has 0 saturated heterocycles. The summed E-state index contributed by atoms with van der Waals surface area (Å²) in [5.41, 5.74) is -1.73. The number of carbonyl (C=O) groups excluding carboxylic acids is 1. The lowest BCUT2D eigenvalue weighted by Crippen LogP contribution is -2.19. The molecule has 3 N–H and O–H groups in total. The van der Waals surface area contributed by atoms with Gasteiger partial charge in [-0.2, -0.15) is 0 Å². The summed E-state index contributed by atoms with van der Waals surface area (Å²) in [6, 6.07) is 4.64. The number of aromatic nitrogens is 2. The van der Waals surface area contributed by atoms with E-state index in [2.05, 4.69) is 9.97 Å². The number of carbonyl (C=O) groups is 2. The number of H-pyrrole nitrogens is 1. The zero-order valence-electron chi connectivity index (χ0n) is 16.1. The molecule has 1 aromatic carbocycles. The van der Waals surface area contributed by atoms with E-state index in [1.165, 1.54) is 12.3 Å². The maximum absolute atomic E-state index is 15.0. The van der Waals surface area contributed by atoms with Gasteiger partial charge in [0, 0.05) is 35.0 Å². The first-order valence-electron chi connectivity index (χ1n) is 9.04. The number of rotatable bonds is 8. The topological polar surface area (TPSA) is 129 Å². The van der Waals surface area contributed by atoms with Crippen molar-refractivity contribution in [1.29, 1.82) is 0 Å². The molecule has 11 heteroatoms. The predicted molar refractivity (Wildman–Crippen MR) is 110 cm³/mol. The minimum atomic E-state index is -3.92. The molecule has 0 fully saturated rings. The highest BCUT2D eigenvalue weighted by molar-refractivity contribution is 7.92. The van der Waals surface area contributed by atoms with E-state index in [1.54, 1.807) is 19.2 Å². The number of sulfonamides is 1. The van der Waals surface area contributed by atoms with Gasteiger partial charge in [-0.05, 0) is 30.7 Å². The quantitative estimate of drug-likeness (QED) is 0.357. The molecule has 3 rings (SSSR count). The molecule has 2 aromatic heterocycles. The number of halogens is 2. The minimum Gasteiger partial charge on any atom is -0.478 e. The number of aromatic amines is 1. The Kier molecular flexibility index (Phi) is 6.16. The molecule has 0 atom stereocenters. The van der Waals surface area contributed by atoms with Crippen LogP contribution in [0.3, 0.4) is 0 Å². The van der Waals surface area contributed by atoms with Crippen LogP contribution in [0, 0.1) is 11.6 Å². The van der Waals surface area contributed by atoms with Crippen molar-refractivity contribution in [3.8, 4) is 0 Å². The molecule has 0 saturated carbocycles. The Morgan fingerprint density at radius 1 is 1.26 bits per heavy atom. The zero-order valence-corrected chi connectivity index (χ0v) is 17.0. The number of hydrogen-bond donors (Lipinski definition) is 3. The normalized spacial score (nSPS) is 12.2. The summed E-state index contributed by atoms with van der Waals surface area (Å²) in [6.07, 6.45) is 3.54. The summed E-state index contributed by atoms with van der Waals surface area (Å²) in [6.45, 7) is 1.60. The van der Waals surface area contributed by atoms with E-state index in [4.69, 9.17) is 0 Å². The first-order valence-corrected chi connectivity index (χ1v) is 10.7. The van der Waals surface area contributed by atoms with E-state index in [0.717, 1.165) is 12.1 Å². The number of nitrogens with one attached hydrogen (secondary N) is 2. The Morgan fingerprint density at radius 2 is 2.00 bits per heavy atom. The molecular formula is C20H17F2N3O5S. The van der Waals surface area contributed by atoms with Gasteiger partial charge in [-0.15, -0.1) is 0 Å². The molecular weight excluding hydrogens is 432 g/mol. The highest BCUT2D eigenvalue weighted by Crippen LogP contribution is 2.29. The number of carboxylic acids is 1.